The van der Waals surface area contributed by atoms with Crippen LogP contribution in [-0.4, -0.2) is 24.6 Å². The van der Waals surface area contributed by atoms with Crippen molar-refractivity contribution < 1.29 is 4.57 Å². The monoisotopic (exact) mass is 353 g/mol. The van der Waals surface area contributed by atoms with Crippen molar-refractivity contribution in [3.8, 4) is 0 Å². The van der Waals surface area contributed by atoms with Crippen LogP contribution in [0.15, 0.2) is 48.5 Å². The van der Waals surface area contributed by atoms with Crippen LogP contribution in [0, 0.1) is 0 Å². The van der Waals surface area contributed by atoms with Crippen molar-refractivity contribution in [3.63, 3.8) is 0 Å². The number of benzene rings is 2. The van der Waals surface area contributed by atoms with Crippen LogP contribution in [0.3, 0.4) is 0 Å². The molecule has 0 amide bonds. The van der Waals surface area contributed by atoms with E-state index in [9.17, 15) is 0 Å². The third kappa shape index (κ3) is 3.21. The SMILES string of the molecule is C[n+]1c(C=Cc2ccc(N3CCSCC3)cc2)sc2ccccc21. The van der Waals surface area contributed by atoms with Gasteiger partial charge in [-0.3, -0.25) is 0 Å². The summed E-state index contributed by atoms with van der Waals surface area (Å²) in [5, 5.41) is 1.27. The number of thioether (sulfide) groups is 1. The molecule has 1 saturated heterocycles. The zero-order chi connectivity index (χ0) is 16.4. The van der Waals surface area contributed by atoms with E-state index in [1.807, 2.05) is 11.3 Å². The van der Waals surface area contributed by atoms with Gasteiger partial charge in [0.05, 0.1) is 0 Å². The van der Waals surface area contributed by atoms with Gasteiger partial charge in [-0.05, 0) is 29.8 Å². The fourth-order valence-electron chi connectivity index (χ4n) is 3.05. The highest BCUT2D eigenvalue weighted by Crippen LogP contribution is 2.23. The molecule has 1 aliphatic heterocycles. The van der Waals surface area contributed by atoms with E-state index in [4.69, 9.17) is 0 Å². The lowest BCUT2D eigenvalue weighted by molar-refractivity contribution is -0.642. The molecule has 2 heterocycles. The highest BCUT2D eigenvalue weighted by Gasteiger charge is 2.13. The maximum Gasteiger partial charge on any atom is 0.262 e. The first-order valence-corrected chi connectivity index (χ1v) is 10.3. The number of rotatable bonds is 3. The Morgan fingerprint density at radius 3 is 2.46 bits per heavy atom. The maximum atomic E-state index is 2.48. The highest BCUT2D eigenvalue weighted by atomic mass is 32.2. The number of aryl methyl sites for hydroxylation is 1. The van der Waals surface area contributed by atoms with E-state index in [1.54, 1.807) is 0 Å². The Balaban J connectivity index is 1.53. The second-order valence-corrected chi connectivity index (χ2v) is 8.28. The van der Waals surface area contributed by atoms with Crippen molar-refractivity contribution in [2.75, 3.05) is 29.5 Å². The number of nitrogens with zero attached hydrogens (tertiary/aromatic N) is 2. The molecule has 0 radical (unpaired) electrons. The Kier molecular flexibility index (Phi) is 4.58. The van der Waals surface area contributed by atoms with Crippen molar-refractivity contribution in [2.24, 2.45) is 7.05 Å². The van der Waals surface area contributed by atoms with E-state index >= 15 is 0 Å². The first kappa shape index (κ1) is 15.7. The summed E-state index contributed by atoms with van der Waals surface area (Å²) in [5.41, 5.74) is 3.89. The predicted molar refractivity (Wildman–Crippen MR) is 108 cm³/mol. The van der Waals surface area contributed by atoms with E-state index in [1.165, 1.54) is 38.0 Å². The summed E-state index contributed by atoms with van der Waals surface area (Å²) in [4.78, 5) is 2.48. The highest BCUT2D eigenvalue weighted by molar-refractivity contribution is 7.99. The zero-order valence-corrected chi connectivity index (χ0v) is 15.4. The Morgan fingerprint density at radius 2 is 1.71 bits per heavy atom. The minimum atomic E-state index is 1.16. The number of aromatic nitrogens is 1. The summed E-state index contributed by atoms with van der Waals surface area (Å²) in [6, 6.07) is 17.5. The molecule has 0 aliphatic carbocycles. The lowest BCUT2D eigenvalue weighted by atomic mass is 10.2. The lowest BCUT2D eigenvalue weighted by Crippen LogP contribution is -2.32. The van der Waals surface area contributed by atoms with Gasteiger partial charge in [-0.15, -0.1) is 0 Å². The number of hydrogen-bond acceptors (Lipinski definition) is 3. The van der Waals surface area contributed by atoms with Crippen molar-refractivity contribution in [3.05, 3.63) is 59.1 Å². The van der Waals surface area contributed by atoms with Gasteiger partial charge in [0, 0.05) is 42.4 Å². The molecule has 3 aromatic rings. The average Bonchev–Trinajstić information content (AvgIpc) is 2.97. The zero-order valence-electron chi connectivity index (χ0n) is 13.8. The molecule has 0 N–H and O–H groups in total. The molecule has 24 heavy (non-hydrogen) atoms. The van der Waals surface area contributed by atoms with Crippen molar-refractivity contribution in [2.45, 2.75) is 0 Å². The standard InChI is InChI=1S/C20H21N2S2/c1-21-18-4-2-3-5-19(18)24-20(21)11-8-16-6-9-17(10-7-16)22-12-14-23-15-13-22/h2-11H,12-15H2,1H3/q+1. The molecule has 1 aromatic heterocycles. The summed E-state index contributed by atoms with van der Waals surface area (Å²) in [6.07, 6.45) is 4.43. The molecule has 0 saturated carbocycles. The van der Waals surface area contributed by atoms with Crippen LogP contribution in [0.1, 0.15) is 10.6 Å². The van der Waals surface area contributed by atoms with E-state index in [0.717, 1.165) is 13.1 Å². The number of hydrogen-bond donors (Lipinski definition) is 0. The van der Waals surface area contributed by atoms with Gasteiger partial charge in [0.1, 0.15) is 11.7 Å². The third-order valence-electron chi connectivity index (χ3n) is 4.46. The molecule has 2 nitrogen and oxygen atoms in total. The second-order valence-electron chi connectivity index (χ2n) is 5.99. The minimum Gasteiger partial charge on any atom is -0.370 e. The molecular formula is C20H21N2S2+. The van der Waals surface area contributed by atoms with Crippen LogP contribution in [0.4, 0.5) is 5.69 Å². The molecule has 0 unspecified atom stereocenters. The summed E-state index contributed by atoms with van der Waals surface area (Å²) in [7, 11) is 2.13. The molecule has 1 aliphatic rings. The fourth-order valence-corrected chi connectivity index (χ4v) is 5.01. The first-order chi connectivity index (χ1) is 11.8. The fraction of sp³-hybridized carbons (Fsp3) is 0.250. The van der Waals surface area contributed by atoms with E-state index < -0.39 is 0 Å². The van der Waals surface area contributed by atoms with Gasteiger partial charge in [-0.1, -0.05) is 35.6 Å². The maximum absolute atomic E-state index is 2.48. The third-order valence-corrected chi connectivity index (χ3v) is 6.59. The van der Waals surface area contributed by atoms with Gasteiger partial charge < -0.3 is 4.90 Å². The number of thiazole rings is 1. The summed E-state index contributed by atoms with van der Waals surface area (Å²) in [6.45, 7) is 2.33. The Morgan fingerprint density at radius 1 is 0.958 bits per heavy atom. The van der Waals surface area contributed by atoms with E-state index in [2.05, 4.69) is 89.0 Å². The van der Waals surface area contributed by atoms with Crippen LogP contribution in [0.25, 0.3) is 22.4 Å². The summed E-state index contributed by atoms with van der Waals surface area (Å²) >= 11 is 3.89. The predicted octanol–water partition coefficient (Wildman–Crippen LogP) is 4.45. The van der Waals surface area contributed by atoms with Crippen molar-refractivity contribution in [1.29, 1.82) is 0 Å². The molecule has 2 aromatic carbocycles. The van der Waals surface area contributed by atoms with Crippen LogP contribution in [0.5, 0.6) is 0 Å². The van der Waals surface area contributed by atoms with Crippen LogP contribution >= 0.6 is 23.1 Å². The van der Waals surface area contributed by atoms with Crippen molar-refractivity contribution in [1.82, 2.24) is 0 Å². The minimum absolute atomic E-state index is 1.16. The van der Waals surface area contributed by atoms with Gasteiger partial charge in [0.25, 0.3) is 5.01 Å². The topological polar surface area (TPSA) is 7.12 Å². The van der Waals surface area contributed by atoms with E-state index in [0.29, 0.717) is 0 Å². The van der Waals surface area contributed by atoms with Gasteiger partial charge in [0.15, 0.2) is 0 Å². The Hall–Kier alpha value is -1.78. The van der Waals surface area contributed by atoms with E-state index in [-0.39, 0.29) is 0 Å². The largest absolute Gasteiger partial charge is 0.370 e. The lowest BCUT2D eigenvalue weighted by Gasteiger charge is -2.28. The molecular weight excluding hydrogens is 332 g/mol. The summed E-state index contributed by atoms with van der Waals surface area (Å²) < 4.78 is 3.59. The van der Waals surface area contributed by atoms with Gasteiger partial charge in [-0.25, -0.2) is 0 Å². The van der Waals surface area contributed by atoms with Gasteiger partial charge >= 0.3 is 0 Å². The first-order valence-electron chi connectivity index (χ1n) is 8.30. The van der Waals surface area contributed by atoms with Crippen LogP contribution < -0.4 is 9.47 Å². The summed E-state index contributed by atoms with van der Waals surface area (Å²) in [5.74, 6) is 2.48. The van der Waals surface area contributed by atoms with Crippen molar-refractivity contribution >= 4 is 51.2 Å². The molecule has 0 spiro atoms. The Labute approximate surface area is 151 Å². The normalized spacial score (nSPS) is 15.5. The molecule has 0 bridgehead atoms. The number of anilines is 1. The molecule has 122 valence electrons. The smallest absolute Gasteiger partial charge is 0.262 e. The second kappa shape index (κ2) is 6.99. The number of fused-ring (bicyclic) bond motifs is 1. The molecule has 4 heteroatoms. The Bertz CT molecular complexity index is 859. The van der Waals surface area contributed by atoms with Crippen LogP contribution in [0.2, 0.25) is 0 Å². The average molecular weight is 354 g/mol. The van der Waals surface area contributed by atoms with Gasteiger partial charge in [-0.2, -0.15) is 16.3 Å². The quantitative estimate of drug-likeness (QED) is 0.642. The molecule has 1 fully saturated rings. The van der Waals surface area contributed by atoms with Crippen LogP contribution in [-0.2, 0) is 7.05 Å². The number of para-hydroxylation sites is 1. The van der Waals surface area contributed by atoms with Gasteiger partial charge in [0.2, 0.25) is 5.52 Å². The molecule has 0 atom stereocenters. The molecule has 4 rings (SSSR count).